The normalized spacial score (nSPS) is 24.2. The molecule has 0 unspecified atom stereocenters. The van der Waals surface area contributed by atoms with Gasteiger partial charge in [-0.1, -0.05) is 30.3 Å². The average molecular weight is 305 g/mol. The van der Waals surface area contributed by atoms with E-state index in [1.54, 1.807) is 20.8 Å². The zero-order chi connectivity index (χ0) is 16.4. The quantitative estimate of drug-likeness (QED) is 0.896. The molecule has 1 saturated carbocycles. The van der Waals surface area contributed by atoms with Gasteiger partial charge in [-0.15, -0.1) is 0 Å². The molecule has 1 aliphatic rings. The number of alkyl carbamates (subject to hydrolysis) is 1. The first-order valence-corrected chi connectivity index (χ1v) is 7.51. The zero-order valence-electron chi connectivity index (χ0n) is 13.3. The molecule has 0 radical (unpaired) electrons. The Morgan fingerprint density at radius 2 is 1.95 bits per heavy atom. The van der Waals surface area contributed by atoms with Crippen LogP contribution in [0.1, 0.15) is 39.2 Å². The van der Waals surface area contributed by atoms with E-state index in [1.165, 1.54) is 0 Å². The highest BCUT2D eigenvalue weighted by Gasteiger charge is 2.54. The lowest BCUT2D eigenvalue weighted by Crippen LogP contribution is -2.66. The summed E-state index contributed by atoms with van der Waals surface area (Å²) < 4.78 is 5.20. The van der Waals surface area contributed by atoms with Crippen LogP contribution in [0.25, 0.3) is 0 Å². The van der Waals surface area contributed by atoms with Crippen molar-refractivity contribution in [3.05, 3.63) is 35.9 Å². The Labute approximate surface area is 130 Å². The highest BCUT2D eigenvalue weighted by Crippen LogP contribution is 2.41. The maximum atomic E-state index is 12.0. The second-order valence-electron chi connectivity index (χ2n) is 6.83. The molecule has 2 N–H and O–H groups in total. The summed E-state index contributed by atoms with van der Waals surface area (Å²) >= 11 is 0. The summed E-state index contributed by atoms with van der Waals surface area (Å²) in [5.74, 6) is -1.12. The molecule has 0 spiro atoms. The molecule has 120 valence electrons. The Morgan fingerprint density at radius 1 is 1.32 bits per heavy atom. The Balaban J connectivity index is 2.09. The van der Waals surface area contributed by atoms with Gasteiger partial charge in [0.25, 0.3) is 0 Å². The van der Waals surface area contributed by atoms with E-state index in [-0.39, 0.29) is 5.92 Å². The zero-order valence-corrected chi connectivity index (χ0v) is 13.3. The summed E-state index contributed by atoms with van der Waals surface area (Å²) in [4.78, 5) is 23.7. The van der Waals surface area contributed by atoms with Gasteiger partial charge in [0, 0.05) is 0 Å². The van der Waals surface area contributed by atoms with Crippen LogP contribution in [0.5, 0.6) is 0 Å². The van der Waals surface area contributed by atoms with Crippen molar-refractivity contribution in [3.63, 3.8) is 0 Å². The van der Waals surface area contributed by atoms with Gasteiger partial charge in [0.2, 0.25) is 0 Å². The Kier molecular flexibility index (Phi) is 4.44. The van der Waals surface area contributed by atoms with E-state index in [1.807, 2.05) is 30.3 Å². The fourth-order valence-corrected chi connectivity index (χ4v) is 2.80. The molecule has 0 heterocycles. The molecule has 0 bridgehead atoms. The van der Waals surface area contributed by atoms with E-state index in [9.17, 15) is 14.7 Å². The van der Waals surface area contributed by atoms with Crippen molar-refractivity contribution in [1.29, 1.82) is 0 Å². The molecule has 2 atom stereocenters. The van der Waals surface area contributed by atoms with E-state index in [0.717, 1.165) is 12.0 Å². The first-order valence-electron chi connectivity index (χ1n) is 7.51. The van der Waals surface area contributed by atoms with Crippen molar-refractivity contribution in [2.75, 3.05) is 0 Å². The van der Waals surface area contributed by atoms with Gasteiger partial charge in [-0.2, -0.15) is 0 Å². The Morgan fingerprint density at radius 3 is 2.41 bits per heavy atom. The second kappa shape index (κ2) is 5.99. The topological polar surface area (TPSA) is 75.6 Å². The van der Waals surface area contributed by atoms with Gasteiger partial charge in [-0.25, -0.2) is 9.59 Å². The molecular weight excluding hydrogens is 282 g/mol. The lowest BCUT2D eigenvalue weighted by Gasteiger charge is -2.46. The van der Waals surface area contributed by atoms with Crippen molar-refractivity contribution in [2.45, 2.75) is 51.2 Å². The summed E-state index contributed by atoms with van der Waals surface area (Å²) in [5.41, 5.74) is -0.801. The SMILES string of the molecule is CC(C)(C)OC(=O)N[C@]1(C(=O)O)CC[C@H]1Cc1ccccc1. The van der Waals surface area contributed by atoms with Gasteiger partial charge < -0.3 is 15.2 Å². The number of nitrogens with one attached hydrogen (secondary N) is 1. The largest absolute Gasteiger partial charge is 0.479 e. The van der Waals surface area contributed by atoms with E-state index in [4.69, 9.17) is 4.74 Å². The van der Waals surface area contributed by atoms with Crippen LogP contribution in [0.4, 0.5) is 4.79 Å². The molecular formula is C17H23NO4. The third-order valence-corrected chi connectivity index (χ3v) is 4.01. The van der Waals surface area contributed by atoms with Crippen molar-refractivity contribution in [2.24, 2.45) is 5.92 Å². The van der Waals surface area contributed by atoms with Crippen LogP contribution in [-0.4, -0.2) is 28.3 Å². The summed E-state index contributed by atoms with van der Waals surface area (Å²) in [5, 5.41) is 12.2. The van der Waals surface area contributed by atoms with E-state index >= 15 is 0 Å². The van der Waals surface area contributed by atoms with Crippen LogP contribution in [0.15, 0.2) is 30.3 Å². The highest BCUT2D eigenvalue weighted by atomic mass is 16.6. The van der Waals surface area contributed by atoms with Gasteiger partial charge in [0.1, 0.15) is 11.1 Å². The minimum Gasteiger partial charge on any atom is -0.479 e. The number of carboxylic acid groups (broad SMARTS) is 1. The van der Waals surface area contributed by atoms with Crippen molar-refractivity contribution < 1.29 is 19.4 Å². The van der Waals surface area contributed by atoms with Gasteiger partial charge in [-0.05, 0) is 51.5 Å². The predicted octanol–water partition coefficient (Wildman–Crippen LogP) is 2.99. The number of carbonyl (C=O) groups is 2. The number of carboxylic acids is 1. The standard InChI is InChI=1S/C17H23NO4/c1-16(2,3)22-15(21)18-17(14(19)20)10-9-13(17)11-12-7-5-4-6-8-12/h4-8,13H,9-11H2,1-3H3,(H,18,21)(H,19,20)/t13-,17+/m0/s1. The third-order valence-electron chi connectivity index (χ3n) is 4.01. The summed E-state index contributed by atoms with van der Waals surface area (Å²) in [6, 6.07) is 9.72. The molecule has 1 aliphatic carbocycles. The number of ether oxygens (including phenoxy) is 1. The number of rotatable bonds is 4. The van der Waals surface area contributed by atoms with Gasteiger partial charge in [0.05, 0.1) is 0 Å². The van der Waals surface area contributed by atoms with Gasteiger partial charge >= 0.3 is 12.1 Å². The number of hydrogen-bond acceptors (Lipinski definition) is 3. The molecule has 2 rings (SSSR count). The van der Waals surface area contributed by atoms with E-state index in [0.29, 0.717) is 12.8 Å². The number of benzene rings is 1. The van der Waals surface area contributed by atoms with Crippen LogP contribution >= 0.6 is 0 Å². The molecule has 22 heavy (non-hydrogen) atoms. The molecule has 0 aliphatic heterocycles. The summed E-state index contributed by atoms with van der Waals surface area (Å²) in [6.07, 6.45) is 1.16. The molecule has 1 amide bonds. The lowest BCUT2D eigenvalue weighted by molar-refractivity contribution is -0.153. The lowest BCUT2D eigenvalue weighted by atomic mass is 9.64. The van der Waals surface area contributed by atoms with Crippen LogP contribution < -0.4 is 5.32 Å². The smallest absolute Gasteiger partial charge is 0.408 e. The maximum absolute atomic E-state index is 12.0. The van der Waals surface area contributed by atoms with Crippen molar-refractivity contribution in [3.8, 4) is 0 Å². The summed E-state index contributed by atoms with van der Waals surface area (Å²) in [6.45, 7) is 5.26. The van der Waals surface area contributed by atoms with E-state index in [2.05, 4.69) is 5.32 Å². The maximum Gasteiger partial charge on any atom is 0.408 e. The minimum absolute atomic E-state index is 0.125. The fourth-order valence-electron chi connectivity index (χ4n) is 2.80. The number of aliphatic carboxylic acids is 1. The van der Waals surface area contributed by atoms with Gasteiger partial charge in [0.15, 0.2) is 0 Å². The van der Waals surface area contributed by atoms with E-state index < -0.39 is 23.2 Å². The summed E-state index contributed by atoms with van der Waals surface area (Å²) in [7, 11) is 0. The van der Waals surface area contributed by atoms with Crippen molar-refractivity contribution >= 4 is 12.1 Å². The van der Waals surface area contributed by atoms with Crippen LogP contribution in [0, 0.1) is 5.92 Å². The molecule has 1 aromatic carbocycles. The minimum atomic E-state index is -1.22. The van der Waals surface area contributed by atoms with Crippen LogP contribution in [-0.2, 0) is 16.0 Å². The van der Waals surface area contributed by atoms with Crippen molar-refractivity contribution in [1.82, 2.24) is 5.32 Å². The molecule has 0 aromatic heterocycles. The first-order chi connectivity index (χ1) is 10.2. The molecule has 1 aromatic rings. The molecule has 5 heteroatoms. The fraction of sp³-hybridized carbons (Fsp3) is 0.529. The number of amides is 1. The van der Waals surface area contributed by atoms with Gasteiger partial charge in [-0.3, -0.25) is 0 Å². The molecule has 1 fully saturated rings. The third kappa shape index (κ3) is 3.59. The predicted molar refractivity (Wildman–Crippen MR) is 82.6 cm³/mol. The molecule has 0 saturated heterocycles. The van der Waals surface area contributed by atoms with Crippen LogP contribution in [0.2, 0.25) is 0 Å². The first kappa shape index (κ1) is 16.3. The highest BCUT2D eigenvalue weighted by molar-refractivity contribution is 5.86. The Hall–Kier alpha value is -2.04. The van der Waals surface area contributed by atoms with Crippen LogP contribution in [0.3, 0.4) is 0 Å². The molecule has 5 nitrogen and oxygen atoms in total. The second-order valence-corrected chi connectivity index (χ2v) is 6.83. The average Bonchev–Trinajstić information content (AvgIpc) is 2.40. The monoisotopic (exact) mass is 305 g/mol. The number of carbonyl (C=O) groups excluding carboxylic acids is 1. The number of hydrogen-bond donors (Lipinski definition) is 2. The Bertz CT molecular complexity index is 550.